The predicted molar refractivity (Wildman–Crippen MR) is 101 cm³/mol. The second kappa shape index (κ2) is 7.72. The first-order chi connectivity index (χ1) is 11.7. The molecule has 0 aliphatic heterocycles. The highest BCUT2D eigenvalue weighted by atomic mass is 16.4. The molecule has 3 unspecified atom stereocenters. The third-order valence-electron chi connectivity index (χ3n) is 6.28. The average molecular weight is 344 g/mol. The molecule has 0 saturated heterocycles. The van der Waals surface area contributed by atoms with Crippen molar-refractivity contribution >= 4 is 11.8 Å². The summed E-state index contributed by atoms with van der Waals surface area (Å²) in [5.74, 6) is -0.585. The van der Waals surface area contributed by atoms with Gasteiger partial charge < -0.3 is 5.11 Å². The Hall–Kier alpha value is -1.64. The molecule has 1 aromatic carbocycles. The van der Waals surface area contributed by atoms with E-state index in [0.29, 0.717) is 5.92 Å². The highest BCUT2D eigenvalue weighted by Gasteiger charge is 2.42. The molecule has 3 heteroatoms. The second-order valence-corrected chi connectivity index (χ2v) is 8.52. The second-order valence-electron chi connectivity index (χ2n) is 8.52. The van der Waals surface area contributed by atoms with Crippen molar-refractivity contribution in [2.24, 2.45) is 17.3 Å². The summed E-state index contributed by atoms with van der Waals surface area (Å²) in [7, 11) is 0. The summed E-state index contributed by atoms with van der Waals surface area (Å²) in [5.41, 5.74) is 2.16. The van der Waals surface area contributed by atoms with Crippen LogP contribution in [0.4, 0.5) is 0 Å². The molecule has 0 spiro atoms. The Morgan fingerprint density at radius 2 is 1.76 bits per heavy atom. The van der Waals surface area contributed by atoms with Gasteiger partial charge in [0, 0.05) is 12.3 Å². The Labute approximate surface area is 151 Å². The molecular formula is C22H32O3. The number of carboxylic acids is 1. The molecular weight excluding hydrogens is 312 g/mol. The van der Waals surface area contributed by atoms with Crippen molar-refractivity contribution < 1.29 is 14.7 Å². The van der Waals surface area contributed by atoms with E-state index in [4.69, 9.17) is 0 Å². The predicted octanol–water partition coefficient (Wildman–Crippen LogP) is 5.40. The summed E-state index contributed by atoms with van der Waals surface area (Å²) >= 11 is 0. The van der Waals surface area contributed by atoms with Crippen molar-refractivity contribution in [2.75, 3.05) is 0 Å². The van der Waals surface area contributed by atoms with Crippen molar-refractivity contribution in [2.45, 2.75) is 72.1 Å². The fourth-order valence-corrected chi connectivity index (χ4v) is 3.71. The maximum atomic E-state index is 12.8. The van der Waals surface area contributed by atoms with E-state index in [9.17, 15) is 14.7 Å². The van der Waals surface area contributed by atoms with E-state index >= 15 is 0 Å². The van der Waals surface area contributed by atoms with E-state index in [1.165, 1.54) is 11.1 Å². The number of carboxylic acid groups (broad SMARTS) is 1. The third kappa shape index (κ3) is 4.31. The van der Waals surface area contributed by atoms with Gasteiger partial charge >= 0.3 is 5.97 Å². The number of carbonyl (C=O) groups is 2. The van der Waals surface area contributed by atoms with Gasteiger partial charge in [0.1, 0.15) is 5.78 Å². The Balaban J connectivity index is 2.08. The van der Waals surface area contributed by atoms with Crippen LogP contribution in [0.3, 0.4) is 0 Å². The van der Waals surface area contributed by atoms with Crippen molar-refractivity contribution in [3.8, 4) is 0 Å². The first-order valence-corrected chi connectivity index (χ1v) is 9.52. The van der Waals surface area contributed by atoms with Gasteiger partial charge in [-0.2, -0.15) is 0 Å². The van der Waals surface area contributed by atoms with Crippen LogP contribution < -0.4 is 0 Å². The highest BCUT2D eigenvalue weighted by molar-refractivity contribution is 5.87. The molecule has 138 valence electrons. The van der Waals surface area contributed by atoms with Crippen LogP contribution in [0.25, 0.3) is 0 Å². The molecule has 1 N–H and O–H groups in total. The Morgan fingerprint density at radius 3 is 2.16 bits per heavy atom. The lowest BCUT2D eigenvalue weighted by Crippen LogP contribution is -2.37. The fourth-order valence-electron chi connectivity index (χ4n) is 3.71. The maximum Gasteiger partial charge on any atom is 0.307 e. The smallest absolute Gasteiger partial charge is 0.307 e. The highest BCUT2D eigenvalue weighted by Crippen LogP contribution is 2.45. The molecule has 1 aromatic rings. The number of Topliss-reactive ketones (excluding diaryl/α,β-unsaturated/α-hetero) is 1. The number of hydrogen-bond donors (Lipinski definition) is 1. The minimum atomic E-state index is -0.850. The number of hydrogen-bond acceptors (Lipinski definition) is 2. The van der Waals surface area contributed by atoms with Crippen LogP contribution in [0.1, 0.15) is 83.3 Å². The molecule has 3 atom stereocenters. The lowest BCUT2D eigenvalue weighted by molar-refractivity contribution is -0.149. The number of carbonyl (C=O) groups excluding carboxylic acids is 1. The van der Waals surface area contributed by atoms with Crippen molar-refractivity contribution in [3.63, 3.8) is 0 Å². The van der Waals surface area contributed by atoms with E-state index in [1.807, 2.05) is 20.8 Å². The lowest BCUT2D eigenvalue weighted by Gasteiger charge is -2.38. The summed E-state index contributed by atoms with van der Waals surface area (Å²) < 4.78 is 0. The van der Waals surface area contributed by atoms with Gasteiger partial charge in [0.25, 0.3) is 0 Å². The van der Waals surface area contributed by atoms with Gasteiger partial charge in [-0.15, -0.1) is 0 Å². The van der Waals surface area contributed by atoms with Crippen LogP contribution in [0.15, 0.2) is 24.3 Å². The zero-order chi connectivity index (χ0) is 18.8. The van der Waals surface area contributed by atoms with Crippen LogP contribution in [0, 0.1) is 17.3 Å². The molecule has 1 aliphatic rings. The number of rotatable bonds is 8. The monoisotopic (exact) mass is 344 g/mol. The zero-order valence-electron chi connectivity index (χ0n) is 16.2. The largest absolute Gasteiger partial charge is 0.481 e. The van der Waals surface area contributed by atoms with E-state index in [2.05, 4.69) is 38.1 Å². The van der Waals surface area contributed by atoms with Crippen LogP contribution >= 0.6 is 0 Å². The zero-order valence-corrected chi connectivity index (χ0v) is 16.2. The van der Waals surface area contributed by atoms with Crippen molar-refractivity contribution in [1.82, 2.24) is 0 Å². The van der Waals surface area contributed by atoms with Crippen LogP contribution in [0.2, 0.25) is 0 Å². The van der Waals surface area contributed by atoms with Gasteiger partial charge in [0.05, 0.1) is 5.92 Å². The molecule has 0 bridgehead atoms. The van der Waals surface area contributed by atoms with Gasteiger partial charge in [-0.1, -0.05) is 65.3 Å². The Bertz CT molecular complexity index is 613. The molecule has 1 aliphatic carbocycles. The van der Waals surface area contributed by atoms with Gasteiger partial charge in [-0.25, -0.2) is 0 Å². The van der Waals surface area contributed by atoms with E-state index in [0.717, 1.165) is 19.3 Å². The van der Waals surface area contributed by atoms with E-state index in [-0.39, 0.29) is 29.5 Å². The summed E-state index contributed by atoms with van der Waals surface area (Å²) in [5, 5.41) is 9.57. The van der Waals surface area contributed by atoms with Gasteiger partial charge in [0.2, 0.25) is 0 Å². The molecule has 1 saturated carbocycles. The van der Waals surface area contributed by atoms with Crippen LogP contribution in [-0.4, -0.2) is 16.9 Å². The van der Waals surface area contributed by atoms with Crippen LogP contribution in [-0.2, 0) is 9.59 Å². The molecule has 0 heterocycles. The molecule has 0 amide bonds. The number of benzene rings is 1. The maximum absolute atomic E-state index is 12.8. The molecule has 0 radical (unpaired) electrons. The summed E-state index contributed by atoms with van der Waals surface area (Å²) in [6, 6.07) is 8.59. The van der Waals surface area contributed by atoms with Gasteiger partial charge in [-0.05, 0) is 41.2 Å². The summed E-state index contributed by atoms with van der Waals surface area (Å²) in [6.07, 6.45) is 2.81. The lowest BCUT2D eigenvalue weighted by atomic mass is 9.65. The average Bonchev–Trinajstić information content (AvgIpc) is 2.51. The molecule has 1 fully saturated rings. The van der Waals surface area contributed by atoms with E-state index < -0.39 is 11.9 Å². The molecule has 0 aromatic heterocycles. The van der Waals surface area contributed by atoms with Crippen LogP contribution in [0.5, 0.6) is 0 Å². The van der Waals surface area contributed by atoms with Gasteiger partial charge in [0.15, 0.2) is 0 Å². The summed E-state index contributed by atoms with van der Waals surface area (Å²) in [6.45, 7) is 10.2. The van der Waals surface area contributed by atoms with Crippen molar-refractivity contribution in [1.29, 1.82) is 0 Å². The summed E-state index contributed by atoms with van der Waals surface area (Å²) in [4.78, 5) is 24.5. The number of ketones is 1. The fraction of sp³-hybridized carbons (Fsp3) is 0.636. The standard InChI is InChI=1S/C22H32O3/c1-6-22(4,5)19(21(24)25)13-20(23)18-12-11-17(18)16-9-7-15(8-10-16)14(2)3/h7-10,14,17-19H,6,11-13H2,1-5H3,(H,24,25). The topological polar surface area (TPSA) is 54.4 Å². The quantitative estimate of drug-likeness (QED) is 0.687. The minimum Gasteiger partial charge on any atom is -0.481 e. The third-order valence-corrected chi connectivity index (χ3v) is 6.28. The number of aliphatic carboxylic acids is 1. The molecule has 2 rings (SSSR count). The Kier molecular flexibility index (Phi) is 6.08. The Morgan fingerprint density at radius 1 is 1.16 bits per heavy atom. The normalized spacial score (nSPS) is 21.7. The van der Waals surface area contributed by atoms with Crippen molar-refractivity contribution in [3.05, 3.63) is 35.4 Å². The molecule has 3 nitrogen and oxygen atoms in total. The first kappa shape index (κ1) is 19.7. The first-order valence-electron chi connectivity index (χ1n) is 9.52. The van der Waals surface area contributed by atoms with E-state index in [1.54, 1.807) is 0 Å². The molecule has 25 heavy (non-hydrogen) atoms. The van der Waals surface area contributed by atoms with Gasteiger partial charge in [-0.3, -0.25) is 9.59 Å². The minimum absolute atomic E-state index is 0.0144. The SMILES string of the molecule is CCC(C)(C)C(CC(=O)C1CCC1c1ccc(C(C)C)cc1)C(=O)O.